The summed E-state index contributed by atoms with van der Waals surface area (Å²) in [4.78, 5) is 64.6. The molecule has 0 aliphatic carbocycles. The molecule has 0 saturated heterocycles. The summed E-state index contributed by atoms with van der Waals surface area (Å²) in [5, 5.41) is 12.8. The van der Waals surface area contributed by atoms with Gasteiger partial charge >= 0.3 is 0 Å². The number of aliphatic hydroxyl groups excluding tert-OH is 1. The van der Waals surface area contributed by atoms with Gasteiger partial charge in [-0.15, -0.1) is 0 Å². The Morgan fingerprint density at radius 2 is 1.27 bits per heavy atom. The fraction of sp³-hybridized carbons (Fsp3) is 0.270. The van der Waals surface area contributed by atoms with Crippen LogP contribution in [0.15, 0.2) is 85.5 Å². The van der Waals surface area contributed by atoms with E-state index in [0.717, 1.165) is 22.9 Å². The lowest BCUT2D eigenvalue weighted by Crippen LogP contribution is -2.45. The van der Waals surface area contributed by atoms with E-state index in [4.69, 9.17) is 0 Å². The molecular formula is C37H36N6O5. The average molecular weight is 645 g/mol. The Morgan fingerprint density at radius 1 is 0.667 bits per heavy atom. The van der Waals surface area contributed by atoms with Crippen molar-refractivity contribution in [1.82, 2.24) is 29.2 Å². The minimum Gasteiger partial charge on any atom is -0.395 e. The van der Waals surface area contributed by atoms with Crippen LogP contribution in [-0.2, 0) is 0 Å². The number of nitrogens with zero attached hydrogens (tertiary/aromatic N) is 6. The number of amides is 4. The molecule has 11 nitrogen and oxygen atoms in total. The SMILES string of the molecule is CN(CCCN(CCO)CCN1C(=O)c2cccc3cccc(c23)C1=O)CCN1C(=O)c2cccc3c(-n4ccnc4)ccc(c23)C1=O. The number of benzene rings is 4. The van der Waals surface area contributed by atoms with Crippen LogP contribution in [0.1, 0.15) is 47.9 Å². The molecule has 2 aliphatic rings. The molecule has 3 heterocycles. The van der Waals surface area contributed by atoms with Crippen LogP contribution in [0.3, 0.4) is 0 Å². The average Bonchev–Trinajstić information content (AvgIpc) is 3.64. The molecule has 1 N–H and O–H groups in total. The summed E-state index contributed by atoms with van der Waals surface area (Å²) in [6.07, 6.45) is 5.96. The second kappa shape index (κ2) is 13.1. The molecule has 0 saturated carbocycles. The van der Waals surface area contributed by atoms with E-state index < -0.39 is 0 Å². The molecule has 11 heteroatoms. The van der Waals surface area contributed by atoms with Crippen molar-refractivity contribution in [3.8, 4) is 5.69 Å². The molecule has 7 rings (SSSR count). The number of hydrogen-bond donors (Lipinski definition) is 1. The van der Waals surface area contributed by atoms with Crippen LogP contribution in [0.25, 0.3) is 27.2 Å². The first-order valence-corrected chi connectivity index (χ1v) is 16.2. The number of imide groups is 2. The van der Waals surface area contributed by atoms with E-state index in [9.17, 15) is 24.3 Å². The molecule has 0 fully saturated rings. The lowest BCUT2D eigenvalue weighted by Gasteiger charge is -2.30. The highest BCUT2D eigenvalue weighted by Gasteiger charge is 2.34. The summed E-state index contributed by atoms with van der Waals surface area (Å²) >= 11 is 0. The predicted molar refractivity (Wildman–Crippen MR) is 181 cm³/mol. The lowest BCUT2D eigenvalue weighted by molar-refractivity contribution is 0.0581. The number of imidazole rings is 1. The highest BCUT2D eigenvalue weighted by atomic mass is 16.3. The third-order valence-corrected chi connectivity index (χ3v) is 9.38. The number of rotatable bonds is 13. The number of likely N-dealkylation sites (N-methyl/N-ethyl adjacent to an activating group) is 1. The molecule has 244 valence electrons. The first kappa shape index (κ1) is 31.4. The summed E-state index contributed by atoms with van der Waals surface area (Å²) in [7, 11) is 1.95. The Kier molecular flexibility index (Phi) is 8.57. The Balaban J connectivity index is 0.942. The standard InChI is InChI=1S/C37H36N6O5/c1-39(18-20-42-36(47)29-11-4-8-26-31(41-17-14-38-24-41)13-12-30(33(26)29)37(42)48)15-5-16-40(22-23-44)19-21-43-34(45)27-9-2-6-25-7-3-10-28(32(25)27)35(43)46/h2-4,6-14,17,24,44H,5,15-16,18-23H2,1H3. The number of hydrogen-bond acceptors (Lipinski definition) is 8. The van der Waals surface area contributed by atoms with Gasteiger partial charge in [0.25, 0.3) is 23.6 Å². The van der Waals surface area contributed by atoms with Gasteiger partial charge in [0, 0.05) is 83.5 Å². The quantitative estimate of drug-likeness (QED) is 0.193. The first-order chi connectivity index (χ1) is 23.4. The van der Waals surface area contributed by atoms with Crippen LogP contribution in [0.2, 0.25) is 0 Å². The van der Waals surface area contributed by atoms with Crippen molar-refractivity contribution in [3.63, 3.8) is 0 Å². The predicted octanol–water partition coefficient (Wildman–Crippen LogP) is 3.69. The van der Waals surface area contributed by atoms with Crippen LogP contribution in [-0.4, -0.2) is 117 Å². The Labute approximate surface area is 277 Å². The monoisotopic (exact) mass is 644 g/mol. The van der Waals surface area contributed by atoms with Gasteiger partial charge in [-0.05, 0) is 62.3 Å². The second-order valence-corrected chi connectivity index (χ2v) is 12.3. The molecule has 0 atom stereocenters. The maximum atomic E-state index is 13.6. The van der Waals surface area contributed by atoms with Gasteiger partial charge in [0.2, 0.25) is 0 Å². The zero-order valence-electron chi connectivity index (χ0n) is 26.7. The highest BCUT2D eigenvalue weighted by molar-refractivity contribution is 6.27. The zero-order valence-corrected chi connectivity index (χ0v) is 26.7. The van der Waals surface area contributed by atoms with E-state index in [2.05, 4.69) is 9.88 Å². The van der Waals surface area contributed by atoms with E-state index >= 15 is 0 Å². The number of carbonyl (C=O) groups excluding carboxylic acids is 4. The van der Waals surface area contributed by atoms with Crippen molar-refractivity contribution in [2.75, 3.05) is 59.5 Å². The molecule has 0 unspecified atom stereocenters. The van der Waals surface area contributed by atoms with Crippen molar-refractivity contribution in [3.05, 3.63) is 108 Å². The topological polar surface area (TPSA) is 119 Å². The van der Waals surface area contributed by atoms with Gasteiger partial charge in [-0.1, -0.05) is 36.4 Å². The minimum atomic E-state index is -0.302. The van der Waals surface area contributed by atoms with Crippen molar-refractivity contribution in [1.29, 1.82) is 0 Å². The molecule has 4 amide bonds. The first-order valence-electron chi connectivity index (χ1n) is 16.2. The molecule has 0 bridgehead atoms. The summed E-state index contributed by atoms with van der Waals surface area (Å²) < 4.78 is 1.87. The van der Waals surface area contributed by atoms with E-state index in [0.29, 0.717) is 65.8 Å². The third-order valence-electron chi connectivity index (χ3n) is 9.38. The highest BCUT2D eigenvalue weighted by Crippen LogP contribution is 2.34. The van der Waals surface area contributed by atoms with E-state index in [1.165, 1.54) is 9.80 Å². The molecule has 0 spiro atoms. The summed E-state index contributed by atoms with van der Waals surface area (Å²) in [5.41, 5.74) is 2.94. The minimum absolute atomic E-state index is 0.0445. The van der Waals surface area contributed by atoms with Crippen molar-refractivity contribution in [2.45, 2.75) is 6.42 Å². The lowest BCUT2D eigenvalue weighted by atomic mass is 9.93. The third kappa shape index (κ3) is 5.55. The number of aromatic nitrogens is 2. The molecule has 2 aliphatic heterocycles. The van der Waals surface area contributed by atoms with E-state index in [1.807, 2.05) is 65.2 Å². The number of aliphatic hydroxyl groups is 1. The molecule has 4 aromatic carbocycles. The van der Waals surface area contributed by atoms with Gasteiger partial charge in [0.1, 0.15) is 0 Å². The fourth-order valence-electron chi connectivity index (χ4n) is 6.91. The Morgan fingerprint density at radius 3 is 1.90 bits per heavy atom. The van der Waals surface area contributed by atoms with Crippen LogP contribution >= 0.6 is 0 Å². The second-order valence-electron chi connectivity index (χ2n) is 12.3. The van der Waals surface area contributed by atoms with Gasteiger partial charge in [0.05, 0.1) is 18.6 Å². The zero-order chi connectivity index (χ0) is 33.4. The molecule has 1 aromatic heterocycles. The maximum Gasteiger partial charge on any atom is 0.261 e. The normalized spacial score (nSPS) is 14.4. The van der Waals surface area contributed by atoms with E-state index in [1.54, 1.807) is 36.8 Å². The fourth-order valence-corrected chi connectivity index (χ4v) is 6.91. The molecule has 48 heavy (non-hydrogen) atoms. The van der Waals surface area contributed by atoms with Gasteiger partial charge in [-0.2, -0.15) is 0 Å². The largest absolute Gasteiger partial charge is 0.395 e. The van der Waals surface area contributed by atoms with Crippen molar-refractivity contribution in [2.24, 2.45) is 0 Å². The summed E-state index contributed by atoms with van der Waals surface area (Å²) in [5.74, 6) is -1.20. The molecule has 0 radical (unpaired) electrons. The van der Waals surface area contributed by atoms with Gasteiger partial charge < -0.3 is 14.6 Å². The Bertz CT molecular complexity index is 1990. The maximum absolute atomic E-state index is 13.6. The van der Waals surface area contributed by atoms with Crippen LogP contribution in [0, 0.1) is 0 Å². The van der Waals surface area contributed by atoms with Gasteiger partial charge in [-0.25, -0.2) is 4.98 Å². The van der Waals surface area contributed by atoms with Crippen LogP contribution in [0.4, 0.5) is 0 Å². The van der Waals surface area contributed by atoms with E-state index in [-0.39, 0.29) is 43.3 Å². The van der Waals surface area contributed by atoms with Crippen LogP contribution in [0.5, 0.6) is 0 Å². The molecule has 5 aromatic rings. The van der Waals surface area contributed by atoms with Gasteiger partial charge in [-0.3, -0.25) is 33.9 Å². The smallest absolute Gasteiger partial charge is 0.261 e. The molecular weight excluding hydrogens is 608 g/mol. The van der Waals surface area contributed by atoms with Crippen molar-refractivity contribution >= 4 is 45.2 Å². The summed E-state index contributed by atoms with van der Waals surface area (Å²) in [6, 6.07) is 20.2. The van der Waals surface area contributed by atoms with Crippen LogP contribution < -0.4 is 0 Å². The number of carbonyl (C=O) groups is 4. The summed E-state index contributed by atoms with van der Waals surface area (Å²) in [6.45, 7) is 3.10. The van der Waals surface area contributed by atoms with Gasteiger partial charge in [0.15, 0.2) is 0 Å². The van der Waals surface area contributed by atoms with Crippen molar-refractivity contribution < 1.29 is 24.3 Å². The Hall–Kier alpha value is -5.23.